The number of aryl methyl sites for hydroxylation is 2. The van der Waals surface area contributed by atoms with E-state index in [2.05, 4.69) is 30.3 Å². The molecule has 0 unspecified atom stereocenters. The van der Waals surface area contributed by atoms with Gasteiger partial charge < -0.3 is 9.47 Å². The van der Waals surface area contributed by atoms with E-state index in [1.807, 2.05) is 24.0 Å². The number of imidazole rings is 1. The number of carbonyl (C=O) groups is 1. The summed E-state index contributed by atoms with van der Waals surface area (Å²) >= 11 is 6.26. The van der Waals surface area contributed by atoms with Crippen molar-refractivity contribution in [3.63, 3.8) is 0 Å². The number of aromatic nitrogens is 2. The topological polar surface area (TPSA) is 38.1 Å². The zero-order valence-corrected chi connectivity index (χ0v) is 18.8. The van der Waals surface area contributed by atoms with Crippen molar-refractivity contribution in [3.8, 4) is 0 Å². The van der Waals surface area contributed by atoms with Crippen LogP contribution in [0.3, 0.4) is 0 Å². The Morgan fingerprint density at radius 2 is 2.00 bits per heavy atom. The molecular formula is C24H29ClFN3O. The predicted octanol–water partition coefficient (Wildman–Crippen LogP) is 6.24. The molecule has 3 aromatic rings. The number of fused-ring (bicyclic) bond motifs is 1. The third kappa shape index (κ3) is 5.01. The number of carbonyl (C=O) groups excluding carboxylic acids is 1. The standard InChI is InChI=1S/C24H29ClFN3O/c1-5-11-29-22-9-8-19(26)14-21(22)27-23(29)15-28(12-10-16(2)3)24(30)18-7-6-17(4)20(25)13-18/h6-9,13-14,16H,5,10-12,15H2,1-4H3. The van der Waals surface area contributed by atoms with Gasteiger partial charge in [-0.25, -0.2) is 9.37 Å². The molecule has 1 amide bonds. The maximum atomic E-state index is 13.7. The van der Waals surface area contributed by atoms with Crippen molar-refractivity contribution >= 4 is 28.5 Å². The van der Waals surface area contributed by atoms with E-state index in [1.165, 1.54) is 12.1 Å². The molecule has 0 radical (unpaired) electrons. The normalized spacial score (nSPS) is 11.4. The average Bonchev–Trinajstić information content (AvgIpc) is 3.03. The summed E-state index contributed by atoms with van der Waals surface area (Å²) in [6, 6.07) is 10.1. The molecule has 2 aromatic carbocycles. The maximum Gasteiger partial charge on any atom is 0.254 e. The Balaban J connectivity index is 1.97. The highest BCUT2D eigenvalue weighted by Gasteiger charge is 2.21. The largest absolute Gasteiger partial charge is 0.331 e. The fourth-order valence-corrected chi connectivity index (χ4v) is 3.67. The molecule has 0 fully saturated rings. The van der Waals surface area contributed by atoms with Crippen molar-refractivity contribution in [2.45, 2.75) is 53.6 Å². The van der Waals surface area contributed by atoms with Gasteiger partial charge in [0.25, 0.3) is 5.91 Å². The number of nitrogens with zero attached hydrogens (tertiary/aromatic N) is 3. The second-order valence-corrected chi connectivity index (χ2v) is 8.59. The summed E-state index contributed by atoms with van der Waals surface area (Å²) in [7, 11) is 0. The third-order valence-corrected chi connectivity index (χ3v) is 5.66. The van der Waals surface area contributed by atoms with Crippen molar-refractivity contribution in [3.05, 3.63) is 64.2 Å². The molecule has 1 aromatic heterocycles. The van der Waals surface area contributed by atoms with Gasteiger partial charge in [0.05, 0.1) is 17.6 Å². The molecule has 1 heterocycles. The summed E-state index contributed by atoms with van der Waals surface area (Å²) in [6.07, 6.45) is 1.80. The van der Waals surface area contributed by atoms with Crippen LogP contribution >= 0.6 is 11.6 Å². The van der Waals surface area contributed by atoms with Gasteiger partial charge in [-0.1, -0.05) is 38.4 Å². The number of hydrogen-bond donors (Lipinski definition) is 0. The molecule has 160 valence electrons. The highest BCUT2D eigenvalue weighted by atomic mass is 35.5. The fourth-order valence-electron chi connectivity index (χ4n) is 3.49. The van der Waals surface area contributed by atoms with Gasteiger partial charge in [0.15, 0.2) is 0 Å². The molecule has 4 nitrogen and oxygen atoms in total. The summed E-state index contributed by atoms with van der Waals surface area (Å²) in [4.78, 5) is 19.8. The smallest absolute Gasteiger partial charge is 0.254 e. The van der Waals surface area contributed by atoms with Crippen LogP contribution in [0, 0.1) is 18.7 Å². The van der Waals surface area contributed by atoms with E-state index in [0.717, 1.165) is 36.3 Å². The van der Waals surface area contributed by atoms with Crippen LogP contribution < -0.4 is 0 Å². The van der Waals surface area contributed by atoms with Gasteiger partial charge in [0.2, 0.25) is 0 Å². The number of hydrogen-bond acceptors (Lipinski definition) is 2. The zero-order chi connectivity index (χ0) is 21.8. The lowest BCUT2D eigenvalue weighted by molar-refractivity contribution is 0.0729. The third-order valence-electron chi connectivity index (χ3n) is 5.25. The second kappa shape index (κ2) is 9.61. The van der Waals surface area contributed by atoms with E-state index in [4.69, 9.17) is 11.6 Å². The average molecular weight is 430 g/mol. The van der Waals surface area contributed by atoms with E-state index in [9.17, 15) is 9.18 Å². The Morgan fingerprint density at radius 3 is 2.67 bits per heavy atom. The van der Waals surface area contributed by atoms with Gasteiger partial charge in [-0.3, -0.25) is 4.79 Å². The number of benzene rings is 2. The lowest BCUT2D eigenvalue weighted by Gasteiger charge is -2.24. The predicted molar refractivity (Wildman–Crippen MR) is 120 cm³/mol. The lowest BCUT2D eigenvalue weighted by atomic mass is 10.1. The first-order valence-electron chi connectivity index (χ1n) is 10.5. The Bertz CT molecular complexity index is 1040. The van der Waals surface area contributed by atoms with Crippen LogP contribution in [-0.4, -0.2) is 26.9 Å². The Hall–Kier alpha value is -2.40. The van der Waals surface area contributed by atoms with Gasteiger partial charge in [-0.05, 0) is 55.5 Å². The minimum absolute atomic E-state index is 0.0705. The maximum absolute atomic E-state index is 13.7. The van der Waals surface area contributed by atoms with E-state index >= 15 is 0 Å². The van der Waals surface area contributed by atoms with E-state index < -0.39 is 0 Å². The molecular weight excluding hydrogens is 401 g/mol. The lowest BCUT2D eigenvalue weighted by Crippen LogP contribution is -2.33. The first-order chi connectivity index (χ1) is 14.3. The number of rotatable bonds is 8. The number of amides is 1. The van der Waals surface area contributed by atoms with Crippen LogP contribution in [0.25, 0.3) is 11.0 Å². The molecule has 0 aliphatic rings. The zero-order valence-electron chi connectivity index (χ0n) is 18.1. The summed E-state index contributed by atoms with van der Waals surface area (Å²) < 4.78 is 15.8. The summed E-state index contributed by atoms with van der Waals surface area (Å²) in [5.41, 5.74) is 3.02. The van der Waals surface area contributed by atoms with Crippen molar-refractivity contribution in [1.82, 2.24) is 14.5 Å². The van der Waals surface area contributed by atoms with Crippen LogP contribution in [0.1, 0.15) is 55.4 Å². The summed E-state index contributed by atoms with van der Waals surface area (Å²) in [5, 5.41) is 0.582. The van der Waals surface area contributed by atoms with Crippen LogP contribution in [0.15, 0.2) is 36.4 Å². The number of halogens is 2. The molecule has 0 atom stereocenters. The Morgan fingerprint density at radius 1 is 1.23 bits per heavy atom. The SMILES string of the molecule is CCCn1c(CN(CCC(C)C)C(=O)c2ccc(C)c(Cl)c2)nc2cc(F)ccc21. The van der Waals surface area contributed by atoms with Gasteiger partial charge in [0.1, 0.15) is 11.6 Å². The van der Waals surface area contributed by atoms with E-state index in [0.29, 0.717) is 35.1 Å². The molecule has 0 saturated carbocycles. The summed E-state index contributed by atoms with van der Waals surface area (Å²) in [5.74, 6) is 0.856. The molecule has 0 spiro atoms. The van der Waals surface area contributed by atoms with Crippen LogP contribution in [0.2, 0.25) is 5.02 Å². The molecule has 6 heteroatoms. The van der Waals surface area contributed by atoms with Gasteiger partial charge >= 0.3 is 0 Å². The first kappa shape index (κ1) is 22.3. The van der Waals surface area contributed by atoms with Gasteiger partial charge in [-0.15, -0.1) is 0 Å². The quantitative estimate of drug-likeness (QED) is 0.425. The fraction of sp³-hybridized carbons (Fsp3) is 0.417. The minimum atomic E-state index is -0.308. The van der Waals surface area contributed by atoms with Crippen molar-refractivity contribution in [2.75, 3.05) is 6.54 Å². The van der Waals surface area contributed by atoms with Crippen molar-refractivity contribution in [1.29, 1.82) is 0 Å². The molecule has 0 saturated heterocycles. The molecule has 0 aliphatic carbocycles. The molecule has 3 rings (SSSR count). The monoisotopic (exact) mass is 429 g/mol. The molecule has 0 aliphatic heterocycles. The van der Waals surface area contributed by atoms with Crippen LogP contribution in [0.4, 0.5) is 4.39 Å². The Kier molecular flexibility index (Phi) is 7.14. The van der Waals surface area contributed by atoms with Crippen molar-refractivity contribution < 1.29 is 9.18 Å². The van der Waals surface area contributed by atoms with E-state index in [1.54, 1.807) is 12.1 Å². The van der Waals surface area contributed by atoms with Crippen LogP contribution in [0.5, 0.6) is 0 Å². The highest BCUT2D eigenvalue weighted by molar-refractivity contribution is 6.31. The minimum Gasteiger partial charge on any atom is -0.331 e. The van der Waals surface area contributed by atoms with E-state index in [-0.39, 0.29) is 11.7 Å². The summed E-state index contributed by atoms with van der Waals surface area (Å²) in [6.45, 7) is 10.0. The molecule has 0 bridgehead atoms. The molecule has 30 heavy (non-hydrogen) atoms. The Labute approximate surface area is 182 Å². The second-order valence-electron chi connectivity index (χ2n) is 8.19. The van der Waals surface area contributed by atoms with Crippen molar-refractivity contribution in [2.24, 2.45) is 5.92 Å². The van der Waals surface area contributed by atoms with Gasteiger partial charge in [-0.2, -0.15) is 0 Å². The highest BCUT2D eigenvalue weighted by Crippen LogP contribution is 2.22. The van der Waals surface area contributed by atoms with Crippen LogP contribution in [-0.2, 0) is 13.1 Å². The van der Waals surface area contributed by atoms with Gasteiger partial charge in [0, 0.05) is 29.7 Å². The molecule has 0 N–H and O–H groups in total. The first-order valence-corrected chi connectivity index (χ1v) is 10.9.